The Kier molecular flexibility index (Phi) is 4.94. The second-order valence-corrected chi connectivity index (χ2v) is 5.14. The quantitative estimate of drug-likeness (QED) is 0.627. The third-order valence-corrected chi connectivity index (χ3v) is 3.60. The third kappa shape index (κ3) is 3.47. The van der Waals surface area contributed by atoms with Crippen LogP contribution in [-0.2, 0) is 6.42 Å². The summed E-state index contributed by atoms with van der Waals surface area (Å²) >= 11 is 5.95. The predicted octanol–water partition coefficient (Wildman–Crippen LogP) is 1.58. The number of rotatable bonds is 3. The van der Waals surface area contributed by atoms with Crippen molar-refractivity contribution in [3.63, 3.8) is 0 Å². The van der Waals surface area contributed by atoms with Crippen LogP contribution in [0.3, 0.4) is 0 Å². The highest BCUT2D eigenvalue weighted by atomic mass is 35.5. The number of nitriles is 1. The Balaban J connectivity index is 2.05. The van der Waals surface area contributed by atoms with Crippen LogP contribution < -0.4 is 0 Å². The maximum absolute atomic E-state index is 12.4. The van der Waals surface area contributed by atoms with Crippen molar-refractivity contribution in [1.29, 1.82) is 5.26 Å². The highest BCUT2D eigenvalue weighted by Crippen LogP contribution is 2.15. The minimum Gasteiger partial charge on any atom is -0.336 e. The van der Waals surface area contributed by atoms with E-state index in [2.05, 4.69) is 11.1 Å². The van der Waals surface area contributed by atoms with Crippen LogP contribution in [0.15, 0.2) is 12.1 Å². The number of pyridine rings is 1. The molecule has 0 saturated carbocycles. The minimum atomic E-state index is -0.0133. The first kappa shape index (κ1) is 14.8. The largest absolute Gasteiger partial charge is 0.336 e. The molecular formula is C14H17ClN4O. The molecule has 5 nitrogen and oxygen atoms in total. The molecule has 0 spiro atoms. The number of hydrogen-bond donors (Lipinski definition) is 0. The number of amides is 1. The van der Waals surface area contributed by atoms with Crippen LogP contribution in [0, 0.1) is 11.3 Å². The maximum Gasteiger partial charge on any atom is 0.254 e. The Morgan fingerprint density at radius 1 is 1.40 bits per heavy atom. The van der Waals surface area contributed by atoms with Gasteiger partial charge in [-0.15, -0.1) is 0 Å². The Bertz CT molecular complexity index is 532. The molecule has 1 aromatic heterocycles. The van der Waals surface area contributed by atoms with Crippen LogP contribution in [0.5, 0.6) is 0 Å². The zero-order valence-corrected chi connectivity index (χ0v) is 12.2. The first-order valence-corrected chi connectivity index (χ1v) is 7.07. The molecule has 2 rings (SSSR count). The molecule has 0 aromatic carbocycles. The van der Waals surface area contributed by atoms with E-state index >= 15 is 0 Å². The second-order valence-electron chi connectivity index (χ2n) is 4.75. The van der Waals surface area contributed by atoms with Crippen LogP contribution in [0.25, 0.3) is 0 Å². The number of aryl methyl sites for hydroxylation is 1. The van der Waals surface area contributed by atoms with E-state index in [9.17, 15) is 4.79 Å². The average molecular weight is 293 g/mol. The van der Waals surface area contributed by atoms with Crippen molar-refractivity contribution in [2.24, 2.45) is 0 Å². The van der Waals surface area contributed by atoms with Crippen LogP contribution in [0.2, 0.25) is 5.15 Å². The lowest BCUT2D eigenvalue weighted by Crippen LogP contribution is -2.48. The fraction of sp³-hybridized carbons (Fsp3) is 0.500. The van der Waals surface area contributed by atoms with Gasteiger partial charge in [-0.1, -0.05) is 18.5 Å². The third-order valence-electron chi connectivity index (χ3n) is 3.41. The molecule has 1 fully saturated rings. The Hall–Kier alpha value is -1.64. The van der Waals surface area contributed by atoms with E-state index in [0.717, 1.165) is 25.2 Å². The van der Waals surface area contributed by atoms with E-state index in [1.54, 1.807) is 17.0 Å². The molecule has 0 aliphatic carbocycles. The first-order valence-electron chi connectivity index (χ1n) is 6.69. The summed E-state index contributed by atoms with van der Waals surface area (Å²) in [5.41, 5.74) is 1.42. The summed E-state index contributed by atoms with van der Waals surface area (Å²) in [7, 11) is 0. The summed E-state index contributed by atoms with van der Waals surface area (Å²) in [6.07, 6.45) is 0.747. The lowest BCUT2D eigenvalue weighted by atomic mass is 10.1. The van der Waals surface area contributed by atoms with Gasteiger partial charge in [-0.25, -0.2) is 4.98 Å². The summed E-state index contributed by atoms with van der Waals surface area (Å²) in [5, 5.41) is 9.02. The van der Waals surface area contributed by atoms with E-state index in [4.69, 9.17) is 16.9 Å². The predicted molar refractivity (Wildman–Crippen MR) is 76.6 cm³/mol. The van der Waals surface area contributed by atoms with E-state index in [0.29, 0.717) is 30.4 Å². The molecule has 6 heteroatoms. The van der Waals surface area contributed by atoms with Crippen molar-refractivity contribution in [3.05, 3.63) is 28.5 Å². The first-order chi connectivity index (χ1) is 9.63. The number of aromatic nitrogens is 1. The summed E-state index contributed by atoms with van der Waals surface area (Å²) < 4.78 is 0. The van der Waals surface area contributed by atoms with Gasteiger partial charge < -0.3 is 4.90 Å². The Morgan fingerprint density at radius 3 is 2.70 bits per heavy atom. The molecule has 106 valence electrons. The molecule has 1 saturated heterocycles. The summed E-state index contributed by atoms with van der Waals surface area (Å²) in [6.45, 7) is 5.15. The molecule has 1 amide bonds. The van der Waals surface area contributed by atoms with Gasteiger partial charge in [0.25, 0.3) is 5.91 Å². The number of carbonyl (C=O) groups is 1. The fourth-order valence-electron chi connectivity index (χ4n) is 2.25. The molecule has 1 aliphatic heterocycles. The topological polar surface area (TPSA) is 60.2 Å². The van der Waals surface area contributed by atoms with Crippen molar-refractivity contribution < 1.29 is 4.79 Å². The number of hydrogen-bond acceptors (Lipinski definition) is 4. The number of nitrogens with zero attached hydrogens (tertiary/aromatic N) is 4. The van der Waals surface area contributed by atoms with E-state index in [-0.39, 0.29) is 5.91 Å². The summed E-state index contributed by atoms with van der Waals surface area (Å²) in [6, 6.07) is 5.55. The highest BCUT2D eigenvalue weighted by molar-refractivity contribution is 6.29. The standard InChI is InChI=1S/C14H17ClN4O/c1-2-12-9-11(10-13(15)17-12)14(20)19-7-5-18(4-3-16)6-8-19/h9-10H,2,4-8H2,1H3. The van der Waals surface area contributed by atoms with Gasteiger partial charge in [0.15, 0.2) is 0 Å². The van der Waals surface area contributed by atoms with Crippen LogP contribution in [0.4, 0.5) is 0 Å². The molecular weight excluding hydrogens is 276 g/mol. The van der Waals surface area contributed by atoms with Gasteiger partial charge in [0, 0.05) is 37.4 Å². The van der Waals surface area contributed by atoms with Gasteiger partial charge in [-0.2, -0.15) is 5.26 Å². The van der Waals surface area contributed by atoms with Crippen LogP contribution in [-0.4, -0.2) is 53.4 Å². The lowest BCUT2D eigenvalue weighted by molar-refractivity contribution is 0.0651. The highest BCUT2D eigenvalue weighted by Gasteiger charge is 2.22. The van der Waals surface area contributed by atoms with Gasteiger partial charge in [-0.05, 0) is 18.6 Å². The smallest absolute Gasteiger partial charge is 0.254 e. The van der Waals surface area contributed by atoms with Crippen LogP contribution >= 0.6 is 11.6 Å². The summed E-state index contributed by atoms with van der Waals surface area (Å²) in [4.78, 5) is 20.5. The Labute approximate surface area is 123 Å². The van der Waals surface area contributed by atoms with Gasteiger partial charge in [0.2, 0.25) is 0 Å². The number of halogens is 1. The SMILES string of the molecule is CCc1cc(C(=O)N2CCN(CC#N)CC2)cc(Cl)n1. The molecule has 2 heterocycles. The number of carbonyl (C=O) groups excluding carboxylic acids is 1. The van der Waals surface area contributed by atoms with Crippen LogP contribution in [0.1, 0.15) is 23.0 Å². The zero-order chi connectivity index (χ0) is 14.5. The monoisotopic (exact) mass is 292 g/mol. The van der Waals surface area contributed by atoms with Crippen molar-refractivity contribution in [1.82, 2.24) is 14.8 Å². The minimum absolute atomic E-state index is 0.0133. The van der Waals surface area contributed by atoms with Gasteiger partial charge in [0.05, 0.1) is 12.6 Å². The second kappa shape index (κ2) is 6.69. The fourth-order valence-corrected chi connectivity index (χ4v) is 2.47. The van der Waals surface area contributed by atoms with E-state index < -0.39 is 0 Å². The van der Waals surface area contributed by atoms with Crippen molar-refractivity contribution in [2.75, 3.05) is 32.7 Å². The lowest BCUT2D eigenvalue weighted by Gasteiger charge is -2.33. The van der Waals surface area contributed by atoms with E-state index in [1.165, 1.54) is 0 Å². The van der Waals surface area contributed by atoms with Gasteiger partial charge in [-0.3, -0.25) is 9.69 Å². The van der Waals surface area contributed by atoms with Crippen molar-refractivity contribution in [3.8, 4) is 6.07 Å². The molecule has 0 N–H and O–H groups in total. The van der Waals surface area contributed by atoms with Gasteiger partial charge >= 0.3 is 0 Å². The molecule has 0 atom stereocenters. The number of piperazine rings is 1. The molecule has 0 unspecified atom stereocenters. The van der Waals surface area contributed by atoms with Gasteiger partial charge in [0.1, 0.15) is 5.15 Å². The molecule has 1 aromatic rings. The van der Waals surface area contributed by atoms with E-state index in [1.807, 2.05) is 11.8 Å². The van der Waals surface area contributed by atoms with Crippen molar-refractivity contribution >= 4 is 17.5 Å². The molecule has 20 heavy (non-hydrogen) atoms. The molecule has 0 bridgehead atoms. The molecule has 1 aliphatic rings. The van der Waals surface area contributed by atoms with Crippen molar-refractivity contribution in [2.45, 2.75) is 13.3 Å². The average Bonchev–Trinajstić information content (AvgIpc) is 2.47. The molecule has 0 radical (unpaired) electrons. The maximum atomic E-state index is 12.4. The Morgan fingerprint density at radius 2 is 2.10 bits per heavy atom. The normalized spacial score (nSPS) is 15.9. The summed E-state index contributed by atoms with van der Waals surface area (Å²) in [5.74, 6) is -0.0133. The zero-order valence-electron chi connectivity index (χ0n) is 11.5.